The molecule has 0 spiro atoms. The average molecular weight is 354 g/mol. The fraction of sp³-hybridized carbons (Fsp3) is 0.667. The van der Waals surface area contributed by atoms with Crippen LogP contribution in [0.4, 0.5) is 4.39 Å². The molecule has 2 aliphatic carbocycles. The van der Waals surface area contributed by atoms with Crippen LogP contribution in [0.25, 0.3) is 0 Å². The molecule has 116 valence electrons. The smallest absolute Gasteiger partial charge is 0.124 e. The standard InChI is InChI=1S/C18H25BrFN/c1-2-21-17(9-14-5-6-16(20)11-18(14)19)10-15-8-12-3-4-13(15)7-12/h5-6,11-13,15,17,21H,2-4,7-10H2,1H3. The van der Waals surface area contributed by atoms with Gasteiger partial charge in [0.1, 0.15) is 5.82 Å². The summed E-state index contributed by atoms with van der Waals surface area (Å²) in [6.07, 6.45) is 8.10. The lowest BCUT2D eigenvalue weighted by atomic mass is 9.83. The Kier molecular flexibility index (Phi) is 5.00. The Morgan fingerprint density at radius 1 is 1.33 bits per heavy atom. The second-order valence-corrected chi connectivity index (χ2v) is 7.72. The molecule has 1 nitrogen and oxygen atoms in total. The predicted molar refractivity (Wildman–Crippen MR) is 88.8 cm³/mol. The van der Waals surface area contributed by atoms with Crippen LogP contribution in [0.5, 0.6) is 0 Å². The van der Waals surface area contributed by atoms with Crippen LogP contribution >= 0.6 is 15.9 Å². The minimum Gasteiger partial charge on any atom is -0.314 e. The summed E-state index contributed by atoms with van der Waals surface area (Å²) >= 11 is 3.50. The quantitative estimate of drug-likeness (QED) is 0.763. The fourth-order valence-electron chi connectivity index (χ4n) is 4.51. The number of benzene rings is 1. The normalized spacial score (nSPS) is 29.0. The molecule has 4 unspecified atom stereocenters. The maximum atomic E-state index is 13.2. The van der Waals surface area contributed by atoms with E-state index >= 15 is 0 Å². The molecule has 2 bridgehead atoms. The highest BCUT2D eigenvalue weighted by Gasteiger charge is 2.39. The lowest BCUT2D eigenvalue weighted by molar-refractivity contribution is 0.278. The molecular weight excluding hydrogens is 329 g/mol. The van der Waals surface area contributed by atoms with E-state index in [1.807, 2.05) is 6.07 Å². The van der Waals surface area contributed by atoms with E-state index in [0.717, 1.165) is 35.2 Å². The summed E-state index contributed by atoms with van der Waals surface area (Å²) < 4.78 is 14.1. The third-order valence-corrected chi connectivity index (χ3v) is 6.18. The highest BCUT2D eigenvalue weighted by atomic mass is 79.9. The highest BCUT2D eigenvalue weighted by Crippen LogP contribution is 2.50. The fourth-order valence-corrected chi connectivity index (χ4v) is 5.02. The highest BCUT2D eigenvalue weighted by molar-refractivity contribution is 9.10. The Morgan fingerprint density at radius 3 is 2.81 bits per heavy atom. The van der Waals surface area contributed by atoms with Crippen molar-refractivity contribution in [3.63, 3.8) is 0 Å². The van der Waals surface area contributed by atoms with Gasteiger partial charge in [0.05, 0.1) is 0 Å². The van der Waals surface area contributed by atoms with Gasteiger partial charge in [0.2, 0.25) is 0 Å². The minimum absolute atomic E-state index is 0.168. The molecule has 2 saturated carbocycles. The van der Waals surface area contributed by atoms with E-state index in [2.05, 4.69) is 28.2 Å². The molecule has 1 N–H and O–H groups in total. The van der Waals surface area contributed by atoms with Gasteiger partial charge in [-0.15, -0.1) is 0 Å². The minimum atomic E-state index is -0.168. The van der Waals surface area contributed by atoms with Crippen LogP contribution in [0.2, 0.25) is 0 Å². The number of halogens is 2. The first-order chi connectivity index (χ1) is 10.2. The molecule has 1 aromatic rings. The first-order valence-corrected chi connectivity index (χ1v) is 9.12. The molecule has 0 radical (unpaired) electrons. The molecular formula is C18H25BrFN. The van der Waals surface area contributed by atoms with Crippen molar-refractivity contribution >= 4 is 15.9 Å². The van der Waals surface area contributed by atoms with Gasteiger partial charge in [-0.1, -0.05) is 35.3 Å². The molecule has 2 aliphatic rings. The molecule has 0 aliphatic heterocycles. The van der Waals surface area contributed by atoms with E-state index in [1.165, 1.54) is 37.7 Å². The molecule has 0 amide bonds. The van der Waals surface area contributed by atoms with Gasteiger partial charge < -0.3 is 5.32 Å². The Morgan fingerprint density at radius 2 is 2.19 bits per heavy atom. The van der Waals surface area contributed by atoms with Crippen LogP contribution in [-0.2, 0) is 6.42 Å². The van der Waals surface area contributed by atoms with Crippen molar-refractivity contribution in [1.29, 1.82) is 0 Å². The van der Waals surface area contributed by atoms with E-state index in [0.29, 0.717) is 6.04 Å². The van der Waals surface area contributed by atoms with Crippen molar-refractivity contribution in [2.45, 2.75) is 51.5 Å². The van der Waals surface area contributed by atoms with Gasteiger partial charge in [-0.05, 0) is 74.1 Å². The topological polar surface area (TPSA) is 12.0 Å². The number of hydrogen-bond acceptors (Lipinski definition) is 1. The predicted octanol–water partition coefficient (Wildman–Crippen LogP) is 4.94. The molecule has 4 atom stereocenters. The number of nitrogens with one attached hydrogen (secondary N) is 1. The zero-order valence-corrected chi connectivity index (χ0v) is 14.3. The Hall–Kier alpha value is -0.410. The van der Waals surface area contributed by atoms with Gasteiger partial charge in [0.25, 0.3) is 0 Å². The Balaban J connectivity index is 1.64. The van der Waals surface area contributed by atoms with Gasteiger partial charge >= 0.3 is 0 Å². The maximum absolute atomic E-state index is 13.2. The van der Waals surface area contributed by atoms with E-state index in [4.69, 9.17) is 0 Å². The number of likely N-dealkylation sites (N-methyl/N-ethyl adjacent to an activating group) is 1. The lowest BCUT2D eigenvalue weighted by Gasteiger charge is -2.27. The van der Waals surface area contributed by atoms with Gasteiger partial charge in [0.15, 0.2) is 0 Å². The molecule has 3 heteroatoms. The van der Waals surface area contributed by atoms with Crippen molar-refractivity contribution in [3.8, 4) is 0 Å². The zero-order valence-electron chi connectivity index (χ0n) is 12.7. The first kappa shape index (κ1) is 15.5. The van der Waals surface area contributed by atoms with Crippen LogP contribution in [0, 0.1) is 23.6 Å². The summed E-state index contributed by atoms with van der Waals surface area (Å²) in [4.78, 5) is 0. The Bertz CT molecular complexity index is 490. The summed E-state index contributed by atoms with van der Waals surface area (Å²) in [5.74, 6) is 2.73. The molecule has 3 rings (SSSR count). The number of fused-ring (bicyclic) bond motifs is 2. The molecule has 0 saturated heterocycles. The summed E-state index contributed by atoms with van der Waals surface area (Å²) in [6, 6.07) is 5.59. The van der Waals surface area contributed by atoms with E-state index in [-0.39, 0.29) is 5.82 Å². The van der Waals surface area contributed by atoms with Crippen molar-refractivity contribution in [3.05, 3.63) is 34.1 Å². The number of rotatable bonds is 6. The molecule has 1 aromatic carbocycles. The van der Waals surface area contributed by atoms with Gasteiger partial charge in [-0.3, -0.25) is 0 Å². The third-order valence-electron chi connectivity index (χ3n) is 5.45. The third kappa shape index (κ3) is 3.68. The van der Waals surface area contributed by atoms with Crippen LogP contribution < -0.4 is 5.32 Å². The van der Waals surface area contributed by atoms with Crippen molar-refractivity contribution in [1.82, 2.24) is 5.32 Å². The molecule has 2 fully saturated rings. The van der Waals surface area contributed by atoms with E-state index in [1.54, 1.807) is 12.1 Å². The summed E-state index contributed by atoms with van der Waals surface area (Å²) in [5, 5.41) is 3.64. The van der Waals surface area contributed by atoms with Crippen LogP contribution in [0.15, 0.2) is 22.7 Å². The Labute approximate surface area is 135 Å². The van der Waals surface area contributed by atoms with Crippen molar-refractivity contribution < 1.29 is 4.39 Å². The lowest BCUT2D eigenvalue weighted by Crippen LogP contribution is -2.34. The number of hydrogen-bond donors (Lipinski definition) is 1. The second-order valence-electron chi connectivity index (χ2n) is 6.87. The SMILES string of the molecule is CCNC(Cc1ccc(F)cc1Br)CC1CC2CCC1C2. The van der Waals surface area contributed by atoms with Crippen LogP contribution in [0.1, 0.15) is 44.6 Å². The van der Waals surface area contributed by atoms with Crippen molar-refractivity contribution in [2.75, 3.05) is 6.54 Å². The second kappa shape index (κ2) is 6.78. The molecule has 0 heterocycles. The summed E-state index contributed by atoms with van der Waals surface area (Å²) in [7, 11) is 0. The van der Waals surface area contributed by atoms with Gasteiger partial charge in [0, 0.05) is 10.5 Å². The molecule has 0 aromatic heterocycles. The maximum Gasteiger partial charge on any atom is 0.124 e. The first-order valence-electron chi connectivity index (χ1n) is 8.33. The van der Waals surface area contributed by atoms with Gasteiger partial charge in [-0.25, -0.2) is 4.39 Å². The van der Waals surface area contributed by atoms with Crippen molar-refractivity contribution in [2.24, 2.45) is 17.8 Å². The summed E-state index contributed by atoms with van der Waals surface area (Å²) in [6.45, 7) is 3.18. The van der Waals surface area contributed by atoms with Crippen LogP contribution in [-0.4, -0.2) is 12.6 Å². The largest absolute Gasteiger partial charge is 0.314 e. The zero-order chi connectivity index (χ0) is 14.8. The van der Waals surface area contributed by atoms with E-state index in [9.17, 15) is 4.39 Å². The van der Waals surface area contributed by atoms with Crippen LogP contribution in [0.3, 0.4) is 0 Å². The van der Waals surface area contributed by atoms with Gasteiger partial charge in [-0.2, -0.15) is 0 Å². The monoisotopic (exact) mass is 353 g/mol. The van der Waals surface area contributed by atoms with E-state index < -0.39 is 0 Å². The summed E-state index contributed by atoms with van der Waals surface area (Å²) in [5.41, 5.74) is 1.21. The molecule has 21 heavy (non-hydrogen) atoms. The average Bonchev–Trinajstić information content (AvgIpc) is 3.04.